The predicted octanol–water partition coefficient (Wildman–Crippen LogP) is 7.75. The minimum atomic E-state index is 0.496. The normalized spacial score (nSPS) is 14.4. The third-order valence-electron chi connectivity index (χ3n) is 5.17. The molecule has 0 amide bonds. The van der Waals surface area contributed by atoms with E-state index >= 15 is 0 Å². The molecule has 2 nitrogen and oxygen atoms in total. The van der Waals surface area contributed by atoms with Gasteiger partial charge in [0, 0.05) is 6.42 Å². The molecule has 152 valence electrons. The lowest BCUT2D eigenvalue weighted by Crippen LogP contribution is -1.98. The second kappa shape index (κ2) is 12.2. The molecule has 1 saturated carbocycles. The van der Waals surface area contributed by atoms with Crippen molar-refractivity contribution in [1.29, 1.82) is 5.41 Å². The molecule has 0 unspecified atom stereocenters. The molecule has 0 radical (unpaired) electrons. The van der Waals surface area contributed by atoms with E-state index in [1.165, 1.54) is 43.0 Å². The zero-order valence-corrected chi connectivity index (χ0v) is 18.2. The minimum Gasteiger partial charge on any atom is -0.493 e. The fourth-order valence-corrected chi connectivity index (χ4v) is 3.44. The van der Waals surface area contributed by atoms with Crippen molar-refractivity contribution in [3.8, 4) is 0 Å². The van der Waals surface area contributed by atoms with E-state index in [-0.39, 0.29) is 0 Å². The first kappa shape index (κ1) is 23.7. The Morgan fingerprint density at radius 3 is 2.25 bits per heavy atom. The fraction of sp³-hybridized carbons (Fsp3) is 0.423. The number of allylic oxidation sites excluding steroid dienone is 4. The van der Waals surface area contributed by atoms with Gasteiger partial charge in [-0.25, -0.2) is 0 Å². The number of benzene rings is 1. The van der Waals surface area contributed by atoms with Crippen LogP contribution in [0.25, 0.3) is 11.1 Å². The molecule has 2 heteroatoms. The van der Waals surface area contributed by atoms with Gasteiger partial charge in [0.15, 0.2) is 0 Å². The van der Waals surface area contributed by atoms with Gasteiger partial charge in [0.1, 0.15) is 5.76 Å². The van der Waals surface area contributed by atoms with Gasteiger partial charge in [-0.15, -0.1) is 0 Å². The Kier molecular flexibility index (Phi) is 10.3. The van der Waals surface area contributed by atoms with Crippen molar-refractivity contribution in [3.63, 3.8) is 0 Å². The van der Waals surface area contributed by atoms with Gasteiger partial charge in [-0.3, -0.25) is 0 Å². The number of hydrogen-bond donors (Lipinski definition) is 1. The topological polar surface area (TPSA) is 33.1 Å². The van der Waals surface area contributed by atoms with Crippen molar-refractivity contribution in [2.24, 2.45) is 5.92 Å². The Morgan fingerprint density at radius 1 is 1.14 bits per heavy atom. The maximum absolute atomic E-state index is 7.03. The SMILES string of the molecule is C=C(C)C1CCCC1.C=C/C(OCCC=N)=C(/C)c1ccc(C)cc1C(=C)C. The summed E-state index contributed by atoms with van der Waals surface area (Å²) < 4.78 is 5.69. The summed E-state index contributed by atoms with van der Waals surface area (Å²) >= 11 is 0. The molecule has 0 aromatic heterocycles. The van der Waals surface area contributed by atoms with Crippen LogP contribution in [0, 0.1) is 18.3 Å². The average molecular weight is 380 g/mol. The summed E-state index contributed by atoms with van der Waals surface area (Å²) in [7, 11) is 0. The number of ether oxygens (including phenoxy) is 1. The van der Waals surface area contributed by atoms with Crippen LogP contribution < -0.4 is 0 Å². The van der Waals surface area contributed by atoms with Crippen LogP contribution in [0.5, 0.6) is 0 Å². The van der Waals surface area contributed by atoms with Gasteiger partial charge in [-0.2, -0.15) is 0 Å². The highest BCUT2D eigenvalue weighted by Crippen LogP contribution is 2.29. The second-order valence-corrected chi connectivity index (χ2v) is 7.69. The number of hydrogen-bond acceptors (Lipinski definition) is 2. The standard InChI is InChI=1S/C18H23NO.C8H14/c1-6-18(20-11-7-10-19)15(5)16-9-8-14(4)12-17(16)13(2)3;1-7(2)8-5-3-4-6-8/h6,8-10,12,19H,1-2,7,11H2,3-5H3;8H,1,3-6H2,2H3/b18-15+,19-10?;. The van der Waals surface area contributed by atoms with Crippen LogP contribution >= 0.6 is 0 Å². The van der Waals surface area contributed by atoms with E-state index in [1.807, 2.05) is 13.8 Å². The van der Waals surface area contributed by atoms with Gasteiger partial charge in [0.25, 0.3) is 0 Å². The van der Waals surface area contributed by atoms with Crippen LogP contribution in [0.15, 0.2) is 55.3 Å². The lowest BCUT2D eigenvalue weighted by atomic mass is 9.94. The Balaban J connectivity index is 0.000000406. The van der Waals surface area contributed by atoms with Gasteiger partial charge in [-0.05, 0) is 75.4 Å². The quantitative estimate of drug-likeness (QED) is 0.162. The van der Waals surface area contributed by atoms with Crippen LogP contribution in [-0.2, 0) is 4.74 Å². The highest BCUT2D eigenvalue weighted by Gasteiger charge is 2.14. The van der Waals surface area contributed by atoms with E-state index in [0.29, 0.717) is 13.0 Å². The molecule has 0 saturated heterocycles. The van der Waals surface area contributed by atoms with E-state index in [1.54, 1.807) is 6.08 Å². The van der Waals surface area contributed by atoms with Crippen LogP contribution in [0.4, 0.5) is 0 Å². The zero-order chi connectivity index (χ0) is 21.1. The van der Waals surface area contributed by atoms with Gasteiger partial charge in [0.2, 0.25) is 0 Å². The van der Waals surface area contributed by atoms with E-state index in [2.05, 4.69) is 51.8 Å². The van der Waals surface area contributed by atoms with Crippen LogP contribution in [-0.4, -0.2) is 12.8 Å². The molecule has 1 N–H and O–H groups in total. The van der Waals surface area contributed by atoms with Crippen LogP contribution in [0.3, 0.4) is 0 Å². The Labute approximate surface area is 172 Å². The number of nitrogens with one attached hydrogen (secondary N) is 1. The Morgan fingerprint density at radius 2 is 1.79 bits per heavy atom. The second-order valence-electron chi connectivity index (χ2n) is 7.69. The highest BCUT2D eigenvalue weighted by atomic mass is 16.5. The molecule has 1 aliphatic rings. The van der Waals surface area contributed by atoms with Crippen molar-refractivity contribution in [3.05, 3.63) is 72.0 Å². The van der Waals surface area contributed by atoms with Crippen LogP contribution in [0.2, 0.25) is 0 Å². The fourth-order valence-electron chi connectivity index (χ4n) is 3.44. The third kappa shape index (κ3) is 7.34. The molecule has 1 aliphatic carbocycles. The summed E-state index contributed by atoms with van der Waals surface area (Å²) in [6.45, 7) is 20.6. The summed E-state index contributed by atoms with van der Waals surface area (Å²) in [5.41, 5.74) is 6.94. The molecule has 2 rings (SSSR count). The van der Waals surface area contributed by atoms with Crippen molar-refractivity contribution in [2.75, 3.05) is 6.61 Å². The van der Waals surface area contributed by atoms with Crippen molar-refractivity contribution in [2.45, 2.75) is 59.8 Å². The zero-order valence-electron chi connectivity index (χ0n) is 18.2. The molecular formula is C26H37NO. The summed E-state index contributed by atoms with van der Waals surface area (Å²) in [5, 5.41) is 7.03. The molecule has 0 spiro atoms. The number of aryl methyl sites for hydroxylation is 1. The molecule has 0 atom stereocenters. The predicted molar refractivity (Wildman–Crippen MR) is 125 cm³/mol. The van der Waals surface area contributed by atoms with Crippen LogP contribution in [0.1, 0.15) is 69.6 Å². The molecule has 1 aromatic rings. The van der Waals surface area contributed by atoms with Gasteiger partial charge >= 0.3 is 0 Å². The van der Waals surface area contributed by atoms with Crippen molar-refractivity contribution < 1.29 is 4.74 Å². The van der Waals surface area contributed by atoms with Crippen molar-refractivity contribution >= 4 is 17.4 Å². The van der Waals surface area contributed by atoms with Gasteiger partial charge in [0.05, 0.1) is 6.61 Å². The maximum Gasteiger partial charge on any atom is 0.122 e. The van der Waals surface area contributed by atoms with Gasteiger partial charge in [-0.1, -0.05) is 67.5 Å². The minimum absolute atomic E-state index is 0.496. The molecule has 28 heavy (non-hydrogen) atoms. The first-order valence-electron chi connectivity index (χ1n) is 10.2. The Bertz CT molecular complexity index is 733. The molecule has 0 heterocycles. The average Bonchev–Trinajstić information content (AvgIpc) is 3.20. The monoisotopic (exact) mass is 379 g/mol. The van der Waals surface area contributed by atoms with Crippen molar-refractivity contribution in [1.82, 2.24) is 0 Å². The summed E-state index contributed by atoms with van der Waals surface area (Å²) in [6, 6.07) is 6.32. The van der Waals surface area contributed by atoms with E-state index < -0.39 is 0 Å². The molecule has 0 aliphatic heterocycles. The third-order valence-corrected chi connectivity index (χ3v) is 5.17. The first-order chi connectivity index (χ1) is 13.3. The summed E-state index contributed by atoms with van der Waals surface area (Å²) in [4.78, 5) is 0. The summed E-state index contributed by atoms with van der Waals surface area (Å²) in [5.74, 6) is 1.63. The maximum atomic E-state index is 7.03. The van der Waals surface area contributed by atoms with E-state index in [9.17, 15) is 0 Å². The lowest BCUT2D eigenvalue weighted by molar-refractivity contribution is 0.236. The first-order valence-corrected chi connectivity index (χ1v) is 10.2. The van der Waals surface area contributed by atoms with E-state index in [4.69, 9.17) is 10.1 Å². The smallest absolute Gasteiger partial charge is 0.122 e. The van der Waals surface area contributed by atoms with E-state index in [0.717, 1.165) is 34.0 Å². The number of rotatable bonds is 8. The lowest BCUT2D eigenvalue weighted by Gasteiger charge is -2.15. The molecular weight excluding hydrogens is 342 g/mol. The largest absolute Gasteiger partial charge is 0.493 e. The summed E-state index contributed by atoms with van der Waals surface area (Å²) in [6.07, 6.45) is 9.33. The van der Waals surface area contributed by atoms with Gasteiger partial charge < -0.3 is 10.1 Å². The Hall–Kier alpha value is -2.35. The molecule has 1 aromatic carbocycles. The molecule has 0 bridgehead atoms. The highest BCUT2D eigenvalue weighted by molar-refractivity contribution is 5.79. The molecule has 1 fully saturated rings.